The van der Waals surface area contributed by atoms with Crippen LogP contribution in [0.2, 0.25) is 0 Å². The van der Waals surface area contributed by atoms with Crippen LogP contribution in [0, 0.1) is 13.8 Å². The van der Waals surface area contributed by atoms with E-state index in [1.807, 2.05) is 54.9 Å². The van der Waals surface area contributed by atoms with Crippen LogP contribution in [0.15, 0.2) is 67.0 Å². The van der Waals surface area contributed by atoms with Crippen LogP contribution in [-0.4, -0.2) is 21.2 Å². The number of rotatable bonds is 7. The third kappa shape index (κ3) is 5.20. The van der Waals surface area contributed by atoms with Gasteiger partial charge in [0.05, 0.1) is 5.69 Å². The number of carbonyl (C=O) groups excluding carboxylic acids is 2. The number of aromatic nitrogens is 2. The molecule has 0 radical (unpaired) electrons. The van der Waals surface area contributed by atoms with Gasteiger partial charge in [-0.25, -0.2) is 4.98 Å². The van der Waals surface area contributed by atoms with E-state index in [0.717, 1.165) is 22.5 Å². The van der Waals surface area contributed by atoms with Crippen molar-refractivity contribution in [2.24, 2.45) is 0 Å². The molecule has 0 bridgehead atoms. The van der Waals surface area contributed by atoms with Crippen molar-refractivity contribution in [1.82, 2.24) is 9.38 Å². The highest BCUT2D eigenvalue weighted by Crippen LogP contribution is 2.22. The molecule has 7 nitrogen and oxygen atoms in total. The molecule has 2 aromatic carbocycles. The summed E-state index contributed by atoms with van der Waals surface area (Å²) in [6.45, 7) is 6.05. The van der Waals surface area contributed by atoms with Gasteiger partial charge in [-0.3, -0.25) is 9.59 Å². The maximum atomic E-state index is 12.7. The number of hydrogen-bond donors (Lipinski definition) is 2. The molecule has 2 aromatic heterocycles. The van der Waals surface area contributed by atoms with Gasteiger partial charge in [-0.05, 0) is 67.4 Å². The summed E-state index contributed by atoms with van der Waals surface area (Å²) < 4.78 is 7.83. The maximum absolute atomic E-state index is 12.7. The topological polar surface area (TPSA) is 84.7 Å². The molecule has 2 heterocycles. The quantitative estimate of drug-likeness (QED) is 0.415. The Bertz CT molecular complexity index is 1310. The molecular formula is C26H26N4O3. The standard InChI is InChI=1S/C26H26N4O3/c1-4-24(31)27-20-10-7-17(2)23(14-20)29-26(32)19-8-11-22(12-9-19)33-16-21-15-30-13-5-6-18(3)25(30)28-21/h5-15H,4,16H2,1-3H3,(H,27,31)(H,29,32). The van der Waals surface area contributed by atoms with Gasteiger partial charge in [0.1, 0.15) is 18.0 Å². The van der Waals surface area contributed by atoms with E-state index in [4.69, 9.17) is 4.74 Å². The van der Waals surface area contributed by atoms with Gasteiger partial charge < -0.3 is 19.8 Å². The third-order valence-corrected chi connectivity index (χ3v) is 5.32. The molecule has 2 N–H and O–H groups in total. The molecule has 2 amide bonds. The molecule has 0 fully saturated rings. The summed E-state index contributed by atoms with van der Waals surface area (Å²) in [5, 5.41) is 5.72. The van der Waals surface area contributed by atoms with Gasteiger partial charge in [-0.15, -0.1) is 0 Å². The fourth-order valence-corrected chi connectivity index (χ4v) is 3.41. The minimum Gasteiger partial charge on any atom is -0.487 e. The second-order valence-electron chi connectivity index (χ2n) is 7.85. The summed E-state index contributed by atoms with van der Waals surface area (Å²) in [4.78, 5) is 29.0. The van der Waals surface area contributed by atoms with Gasteiger partial charge >= 0.3 is 0 Å². The molecule has 0 aliphatic rings. The first-order chi connectivity index (χ1) is 15.9. The average molecular weight is 443 g/mol. The van der Waals surface area contributed by atoms with E-state index in [1.165, 1.54) is 0 Å². The highest BCUT2D eigenvalue weighted by atomic mass is 16.5. The normalized spacial score (nSPS) is 10.8. The predicted octanol–water partition coefficient (Wildman–Crippen LogP) is 5.13. The number of anilines is 2. The molecular weight excluding hydrogens is 416 g/mol. The van der Waals surface area contributed by atoms with Crippen LogP contribution >= 0.6 is 0 Å². The van der Waals surface area contributed by atoms with Crippen molar-refractivity contribution in [2.45, 2.75) is 33.8 Å². The van der Waals surface area contributed by atoms with Gasteiger partial charge in [0, 0.05) is 35.8 Å². The van der Waals surface area contributed by atoms with E-state index in [-0.39, 0.29) is 11.8 Å². The zero-order valence-electron chi connectivity index (χ0n) is 18.9. The Hall–Kier alpha value is -4.13. The van der Waals surface area contributed by atoms with Gasteiger partial charge in [-0.2, -0.15) is 0 Å². The Morgan fingerprint density at radius 3 is 2.52 bits per heavy atom. The van der Waals surface area contributed by atoms with Crippen LogP contribution in [0.3, 0.4) is 0 Å². The largest absolute Gasteiger partial charge is 0.487 e. The molecule has 33 heavy (non-hydrogen) atoms. The van der Waals surface area contributed by atoms with Gasteiger partial charge in [0.25, 0.3) is 5.91 Å². The Labute approximate surface area is 192 Å². The van der Waals surface area contributed by atoms with Crippen molar-refractivity contribution in [1.29, 1.82) is 0 Å². The average Bonchev–Trinajstić information content (AvgIpc) is 3.24. The number of pyridine rings is 1. The summed E-state index contributed by atoms with van der Waals surface area (Å²) in [7, 11) is 0. The number of imidazole rings is 1. The molecule has 0 saturated carbocycles. The number of amides is 2. The van der Waals surface area contributed by atoms with Crippen LogP contribution in [0.1, 0.15) is 40.5 Å². The summed E-state index contributed by atoms with van der Waals surface area (Å²) in [5.74, 6) is 0.339. The minimum atomic E-state index is -0.237. The second kappa shape index (κ2) is 9.56. The van der Waals surface area contributed by atoms with E-state index in [1.54, 1.807) is 37.3 Å². The Balaban J connectivity index is 1.39. The van der Waals surface area contributed by atoms with Crippen molar-refractivity contribution in [2.75, 3.05) is 10.6 Å². The van der Waals surface area contributed by atoms with Gasteiger partial charge in [-0.1, -0.05) is 19.1 Å². The molecule has 0 unspecified atom stereocenters. The Morgan fingerprint density at radius 1 is 1.00 bits per heavy atom. The van der Waals surface area contributed by atoms with Gasteiger partial charge in [0.2, 0.25) is 5.91 Å². The molecule has 168 valence electrons. The second-order valence-corrected chi connectivity index (χ2v) is 7.85. The summed E-state index contributed by atoms with van der Waals surface area (Å²) in [6.07, 6.45) is 4.30. The highest BCUT2D eigenvalue weighted by molar-refractivity contribution is 6.05. The number of benzene rings is 2. The summed E-state index contributed by atoms with van der Waals surface area (Å²) >= 11 is 0. The first kappa shape index (κ1) is 22.1. The zero-order chi connectivity index (χ0) is 23.4. The van der Waals surface area contributed by atoms with E-state index in [0.29, 0.717) is 35.7 Å². The Kier molecular flexibility index (Phi) is 6.40. The van der Waals surface area contributed by atoms with Crippen LogP contribution in [0.5, 0.6) is 5.75 Å². The maximum Gasteiger partial charge on any atom is 0.255 e. The van der Waals surface area contributed by atoms with Crippen molar-refractivity contribution in [3.8, 4) is 5.75 Å². The molecule has 0 spiro atoms. The van der Waals surface area contributed by atoms with E-state index < -0.39 is 0 Å². The molecule has 0 atom stereocenters. The number of carbonyl (C=O) groups is 2. The lowest BCUT2D eigenvalue weighted by Crippen LogP contribution is -2.14. The number of nitrogens with zero attached hydrogens (tertiary/aromatic N) is 2. The molecule has 4 rings (SSSR count). The molecule has 0 aliphatic carbocycles. The Morgan fingerprint density at radius 2 is 1.79 bits per heavy atom. The van der Waals surface area contributed by atoms with Crippen LogP contribution < -0.4 is 15.4 Å². The highest BCUT2D eigenvalue weighted by Gasteiger charge is 2.10. The smallest absolute Gasteiger partial charge is 0.255 e. The summed E-state index contributed by atoms with van der Waals surface area (Å²) in [5.41, 5.74) is 5.56. The number of aryl methyl sites for hydroxylation is 2. The third-order valence-electron chi connectivity index (χ3n) is 5.32. The van der Waals surface area contributed by atoms with Crippen molar-refractivity contribution in [3.63, 3.8) is 0 Å². The van der Waals surface area contributed by atoms with Crippen molar-refractivity contribution in [3.05, 3.63) is 89.4 Å². The minimum absolute atomic E-state index is 0.0782. The molecule has 0 saturated heterocycles. The lowest BCUT2D eigenvalue weighted by atomic mass is 10.1. The van der Waals surface area contributed by atoms with E-state index in [9.17, 15) is 9.59 Å². The molecule has 0 aliphatic heterocycles. The van der Waals surface area contributed by atoms with Crippen LogP contribution in [-0.2, 0) is 11.4 Å². The zero-order valence-corrected chi connectivity index (χ0v) is 18.9. The van der Waals surface area contributed by atoms with E-state index >= 15 is 0 Å². The van der Waals surface area contributed by atoms with Crippen LogP contribution in [0.25, 0.3) is 5.65 Å². The fraction of sp³-hybridized carbons (Fsp3) is 0.192. The lowest BCUT2D eigenvalue weighted by molar-refractivity contribution is -0.115. The first-order valence-electron chi connectivity index (χ1n) is 10.8. The first-order valence-corrected chi connectivity index (χ1v) is 10.8. The monoisotopic (exact) mass is 442 g/mol. The lowest BCUT2D eigenvalue weighted by Gasteiger charge is -2.12. The van der Waals surface area contributed by atoms with Crippen LogP contribution in [0.4, 0.5) is 11.4 Å². The molecule has 4 aromatic rings. The summed E-state index contributed by atoms with van der Waals surface area (Å²) in [6, 6.07) is 16.4. The molecule has 7 heteroatoms. The number of hydrogen-bond acceptors (Lipinski definition) is 4. The fourth-order valence-electron chi connectivity index (χ4n) is 3.41. The van der Waals surface area contributed by atoms with Gasteiger partial charge in [0.15, 0.2) is 0 Å². The predicted molar refractivity (Wildman–Crippen MR) is 129 cm³/mol. The number of fused-ring (bicyclic) bond motifs is 1. The SMILES string of the molecule is CCC(=O)Nc1ccc(C)c(NC(=O)c2ccc(OCc3cn4cccc(C)c4n3)cc2)c1. The van der Waals surface area contributed by atoms with E-state index in [2.05, 4.69) is 15.6 Å². The van der Waals surface area contributed by atoms with Crippen molar-refractivity contribution < 1.29 is 14.3 Å². The number of nitrogens with one attached hydrogen (secondary N) is 2. The number of ether oxygens (including phenoxy) is 1. The van der Waals surface area contributed by atoms with Crippen molar-refractivity contribution >= 4 is 28.8 Å².